The van der Waals surface area contributed by atoms with Crippen LogP contribution in [-0.2, 0) is 11.2 Å². The smallest absolute Gasteiger partial charge is 0.425 e. The Balaban J connectivity index is 2.21. The molecule has 1 unspecified atom stereocenters. The molecule has 0 spiro atoms. The molecule has 0 aromatic heterocycles. The van der Waals surface area contributed by atoms with Crippen LogP contribution in [0.2, 0.25) is 0 Å². The third-order valence-electron chi connectivity index (χ3n) is 4.80. The van der Waals surface area contributed by atoms with Gasteiger partial charge in [-0.3, -0.25) is 0 Å². The lowest BCUT2D eigenvalue weighted by molar-refractivity contribution is -0.206. The number of hydrogen-bond donors (Lipinski definition) is 0. The van der Waals surface area contributed by atoms with E-state index in [1.807, 2.05) is 12.1 Å². The number of aryl methyl sites for hydroxylation is 1. The number of esters is 1. The van der Waals surface area contributed by atoms with Crippen LogP contribution in [0.25, 0.3) is 11.1 Å². The van der Waals surface area contributed by atoms with Gasteiger partial charge in [0.1, 0.15) is 0 Å². The summed E-state index contributed by atoms with van der Waals surface area (Å²) in [6, 6.07) is 9.07. The molecule has 2 aromatic carbocycles. The van der Waals surface area contributed by atoms with Crippen molar-refractivity contribution in [2.24, 2.45) is 0 Å². The van der Waals surface area contributed by atoms with Gasteiger partial charge in [-0.25, -0.2) is 13.6 Å². The molecule has 0 radical (unpaired) electrons. The minimum Gasteiger partial charge on any atom is -0.449 e. The number of carbonyl (C=O) groups is 1. The van der Waals surface area contributed by atoms with E-state index in [9.17, 15) is 26.7 Å². The van der Waals surface area contributed by atoms with Gasteiger partial charge in [0.05, 0.1) is 5.56 Å². The van der Waals surface area contributed by atoms with E-state index in [0.29, 0.717) is 5.56 Å². The van der Waals surface area contributed by atoms with Gasteiger partial charge in [-0.1, -0.05) is 63.4 Å². The second kappa shape index (κ2) is 10.5. The summed E-state index contributed by atoms with van der Waals surface area (Å²) in [6.07, 6.45) is -3.37. The maximum atomic E-state index is 14.6. The SMILES string of the molecule is CCCCCc1ccc(-c2ccc(C(=O)OC(CCC)C(F)(F)F)c(F)c2F)cc1. The first-order valence-corrected chi connectivity index (χ1v) is 10.0. The normalized spacial score (nSPS) is 12.6. The molecule has 2 aromatic rings. The number of carbonyl (C=O) groups excluding carboxylic acids is 1. The molecule has 0 fully saturated rings. The number of alkyl halides is 3. The first-order valence-electron chi connectivity index (χ1n) is 10.0. The fourth-order valence-electron chi connectivity index (χ4n) is 3.10. The van der Waals surface area contributed by atoms with E-state index >= 15 is 0 Å². The van der Waals surface area contributed by atoms with Gasteiger partial charge < -0.3 is 4.74 Å². The van der Waals surface area contributed by atoms with E-state index in [-0.39, 0.29) is 12.0 Å². The number of ether oxygens (including phenoxy) is 1. The minimum absolute atomic E-state index is 0.0786. The number of benzene rings is 2. The van der Waals surface area contributed by atoms with Crippen molar-refractivity contribution in [3.05, 3.63) is 59.2 Å². The van der Waals surface area contributed by atoms with Crippen LogP contribution < -0.4 is 0 Å². The van der Waals surface area contributed by atoms with Crippen molar-refractivity contribution in [3.8, 4) is 11.1 Å². The molecule has 0 N–H and O–H groups in total. The zero-order chi connectivity index (χ0) is 22.3. The topological polar surface area (TPSA) is 26.3 Å². The quantitative estimate of drug-likeness (QED) is 0.239. The maximum absolute atomic E-state index is 14.6. The van der Waals surface area contributed by atoms with E-state index in [2.05, 4.69) is 11.7 Å². The van der Waals surface area contributed by atoms with Crippen LogP contribution in [0, 0.1) is 11.6 Å². The third-order valence-corrected chi connectivity index (χ3v) is 4.80. The molecule has 0 aliphatic heterocycles. The molecule has 0 aliphatic carbocycles. The summed E-state index contributed by atoms with van der Waals surface area (Å²) in [4.78, 5) is 12.0. The molecule has 30 heavy (non-hydrogen) atoms. The highest BCUT2D eigenvalue weighted by molar-refractivity contribution is 5.90. The first kappa shape index (κ1) is 23.8. The average Bonchev–Trinajstić information content (AvgIpc) is 2.70. The fraction of sp³-hybridized carbons (Fsp3) is 0.435. The van der Waals surface area contributed by atoms with Crippen molar-refractivity contribution in [2.75, 3.05) is 0 Å². The summed E-state index contributed by atoms with van der Waals surface area (Å²) in [5, 5.41) is 0. The predicted molar refractivity (Wildman–Crippen MR) is 105 cm³/mol. The summed E-state index contributed by atoms with van der Waals surface area (Å²) in [5.74, 6) is -4.37. The van der Waals surface area contributed by atoms with Crippen LogP contribution in [0.15, 0.2) is 36.4 Å². The van der Waals surface area contributed by atoms with Crippen molar-refractivity contribution in [3.63, 3.8) is 0 Å². The van der Waals surface area contributed by atoms with Gasteiger partial charge in [-0.2, -0.15) is 13.2 Å². The van der Waals surface area contributed by atoms with Crippen molar-refractivity contribution in [1.82, 2.24) is 0 Å². The molecular formula is C23H25F5O2. The summed E-state index contributed by atoms with van der Waals surface area (Å²) in [6.45, 7) is 3.60. The molecule has 0 aliphatic rings. The lowest BCUT2D eigenvalue weighted by Gasteiger charge is -2.20. The van der Waals surface area contributed by atoms with Crippen molar-refractivity contribution in [1.29, 1.82) is 0 Å². The number of unbranched alkanes of at least 4 members (excludes halogenated alkanes) is 2. The Hall–Kier alpha value is -2.44. The molecule has 0 heterocycles. The molecule has 2 nitrogen and oxygen atoms in total. The molecule has 164 valence electrons. The number of rotatable bonds is 9. The van der Waals surface area contributed by atoms with E-state index in [1.54, 1.807) is 12.1 Å². The Morgan fingerprint density at radius 2 is 1.60 bits per heavy atom. The van der Waals surface area contributed by atoms with E-state index in [1.165, 1.54) is 13.0 Å². The Kier molecular flexibility index (Phi) is 8.38. The van der Waals surface area contributed by atoms with Gasteiger partial charge in [0.25, 0.3) is 0 Å². The van der Waals surface area contributed by atoms with Crippen LogP contribution in [0.5, 0.6) is 0 Å². The van der Waals surface area contributed by atoms with Crippen molar-refractivity contribution >= 4 is 5.97 Å². The number of halogens is 5. The predicted octanol–water partition coefficient (Wildman–Crippen LogP) is 7.25. The highest BCUT2D eigenvalue weighted by atomic mass is 19.4. The Morgan fingerprint density at radius 3 is 2.17 bits per heavy atom. The molecule has 7 heteroatoms. The van der Waals surface area contributed by atoms with E-state index in [4.69, 9.17) is 0 Å². The lowest BCUT2D eigenvalue weighted by Crippen LogP contribution is -2.34. The van der Waals surface area contributed by atoms with Gasteiger partial charge >= 0.3 is 12.1 Å². The van der Waals surface area contributed by atoms with Gasteiger partial charge in [0.2, 0.25) is 0 Å². The third kappa shape index (κ3) is 6.03. The monoisotopic (exact) mass is 428 g/mol. The molecular weight excluding hydrogens is 403 g/mol. The highest BCUT2D eigenvalue weighted by Crippen LogP contribution is 2.30. The van der Waals surface area contributed by atoms with Crippen LogP contribution in [-0.4, -0.2) is 18.2 Å². The second-order valence-corrected chi connectivity index (χ2v) is 7.17. The molecule has 0 saturated carbocycles. The summed E-state index contributed by atoms with van der Waals surface area (Å²) in [5.41, 5.74) is 0.537. The lowest BCUT2D eigenvalue weighted by atomic mass is 9.99. The Morgan fingerprint density at radius 1 is 0.933 bits per heavy atom. The zero-order valence-electron chi connectivity index (χ0n) is 17.0. The zero-order valence-corrected chi connectivity index (χ0v) is 17.0. The summed E-state index contributed by atoms with van der Waals surface area (Å²) < 4.78 is 72.2. The van der Waals surface area contributed by atoms with E-state index < -0.39 is 41.9 Å². The van der Waals surface area contributed by atoms with Gasteiger partial charge in [-0.15, -0.1) is 0 Å². The maximum Gasteiger partial charge on any atom is 0.425 e. The second-order valence-electron chi connectivity index (χ2n) is 7.17. The van der Waals surface area contributed by atoms with Gasteiger partial charge in [0.15, 0.2) is 17.7 Å². The fourth-order valence-corrected chi connectivity index (χ4v) is 3.10. The standard InChI is InChI=1S/C23H25F5O2/c1-3-5-6-8-15-9-11-16(12-10-15)17-13-14-18(21(25)20(17)24)22(29)30-19(7-4-2)23(26,27)28/h9-14,19H,3-8H2,1-2H3. The molecule has 0 bridgehead atoms. The van der Waals surface area contributed by atoms with Crippen LogP contribution in [0.4, 0.5) is 22.0 Å². The van der Waals surface area contributed by atoms with Gasteiger partial charge in [-0.05, 0) is 36.5 Å². The number of hydrogen-bond acceptors (Lipinski definition) is 2. The average molecular weight is 428 g/mol. The van der Waals surface area contributed by atoms with Crippen LogP contribution in [0.1, 0.15) is 61.9 Å². The molecule has 2 rings (SSSR count). The van der Waals surface area contributed by atoms with Crippen LogP contribution >= 0.6 is 0 Å². The van der Waals surface area contributed by atoms with Crippen LogP contribution in [0.3, 0.4) is 0 Å². The van der Waals surface area contributed by atoms with Crippen molar-refractivity contribution in [2.45, 2.75) is 64.7 Å². The van der Waals surface area contributed by atoms with Crippen molar-refractivity contribution < 1.29 is 31.5 Å². The summed E-state index contributed by atoms with van der Waals surface area (Å²) >= 11 is 0. The highest BCUT2D eigenvalue weighted by Gasteiger charge is 2.42. The van der Waals surface area contributed by atoms with E-state index in [0.717, 1.165) is 37.3 Å². The minimum atomic E-state index is -4.78. The summed E-state index contributed by atoms with van der Waals surface area (Å²) in [7, 11) is 0. The first-order chi connectivity index (χ1) is 14.2. The molecule has 0 saturated heterocycles. The Bertz CT molecular complexity index is 844. The molecule has 0 amide bonds. The largest absolute Gasteiger partial charge is 0.449 e. The Labute approximate surface area is 173 Å². The molecule has 1 atom stereocenters. The van der Waals surface area contributed by atoms with Gasteiger partial charge in [0, 0.05) is 5.56 Å².